The van der Waals surface area contributed by atoms with E-state index in [-0.39, 0.29) is 5.69 Å². The molecule has 0 amide bonds. The molecular weight excluding hydrogens is 250 g/mol. The molecule has 1 N–H and O–H groups in total. The molecule has 88 valence electrons. The highest BCUT2D eigenvalue weighted by molar-refractivity contribution is 7.99. The Bertz CT molecular complexity index is 637. The zero-order valence-electron chi connectivity index (χ0n) is 9.07. The smallest absolute Gasteiger partial charge is 0.354 e. The first-order chi connectivity index (χ1) is 8.70. The highest BCUT2D eigenvalue weighted by Gasteiger charge is 2.08. The second-order valence-electron chi connectivity index (χ2n) is 3.25. The van der Waals surface area contributed by atoms with E-state index in [0.717, 1.165) is 0 Å². The summed E-state index contributed by atoms with van der Waals surface area (Å²) in [6.45, 7) is 0. The lowest BCUT2D eigenvalue weighted by molar-refractivity contribution is 0.0690. The topological polar surface area (TPSA) is 86.9 Å². The number of aromatic nitrogens is 2. The molecule has 0 aliphatic heterocycles. The zero-order valence-corrected chi connectivity index (χ0v) is 9.89. The monoisotopic (exact) mass is 257 g/mol. The van der Waals surface area contributed by atoms with Crippen LogP contribution in [0, 0.1) is 11.3 Å². The van der Waals surface area contributed by atoms with Crippen LogP contribution in [-0.2, 0) is 0 Å². The quantitative estimate of drug-likeness (QED) is 0.906. The summed E-state index contributed by atoms with van der Waals surface area (Å²) in [6, 6.07) is 8.50. The van der Waals surface area contributed by atoms with Gasteiger partial charge in [-0.3, -0.25) is 0 Å². The Kier molecular flexibility index (Phi) is 3.55. The third-order valence-electron chi connectivity index (χ3n) is 2.06. The number of nitriles is 1. The molecule has 0 aliphatic carbocycles. The maximum Gasteiger partial charge on any atom is 0.354 e. The molecule has 0 aromatic carbocycles. The van der Waals surface area contributed by atoms with E-state index in [0.29, 0.717) is 15.5 Å². The highest BCUT2D eigenvalue weighted by Crippen LogP contribution is 2.28. The summed E-state index contributed by atoms with van der Waals surface area (Å²) >= 11 is 1.23. The first-order valence-electron chi connectivity index (χ1n) is 4.93. The Labute approximate surface area is 107 Å². The molecule has 0 aliphatic rings. The van der Waals surface area contributed by atoms with Crippen LogP contribution in [0.2, 0.25) is 0 Å². The van der Waals surface area contributed by atoms with Gasteiger partial charge in [0.25, 0.3) is 0 Å². The van der Waals surface area contributed by atoms with Gasteiger partial charge in [-0.2, -0.15) is 5.26 Å². The SMILES string of the molecule is N#Cc1cccnc1Sc1ccnc(C(=O)O)c1. The van der Waals surface area contributed by atoms with Crippen molar-refractivity contribution >= 4 is 17.7 Å². The number of pyridine rings is 2. The van der Waals surface area contributed by atoms with E-state index in [1.807, 2.05) is 6.07 Å². The van der Waals surface area contributed by atoms with E-state index < -0.39 is 5.97 Å². The Morgan fingerprint density at radius 3 is 2.89 bits per heavy atom. The molecule has 0 bridgehead atoms. The maximum absolute atomic E-state index is 10.8. The third-order valence-corrected chi connectivity index (χ3v) is 3.06. The lowest BCUT2D eigenvalue weighted by Gasteiger charge is -2.02. The standard InChI is InChI=1S/C12H7N3O2S/c13-7-8-2-1-4-15-11(8)18-9-3-5-14-10(6-9)12(16)17/h1-6H,(H,16,17). The molecular formula is C12H7N3O2S. The van der Waals surface area contributed by atoms with Crippen LogP contribution in [0.4, 0.5) is 0 Å². The van der Waals surface area contributed by atoms with E-state index in [1.54, 1.807) is 24.4 Å². The Balaban J connectivity index is 2.32. The van der Waals surface area contributed by atoms with Crippen molar-refractivity contribution in [1.82, 2.24) is 9.97 Å². The maximum atomic E-state index is 10.8. The van der Waals surface area contributed by atoms with Gasteiger partial charge in [0.15, 0.2) is 0 Å². The molecule has 2 heterocycles. The lowest BCUT2D eigenvalue weighted by Crippen LogP contribution is -1.99. The number of hydrogen-bond acceptors (Lipinski definition) is 5. The summed E-state index contributed by atoms with van der Waals surface area (Å²) in [5.41, 5.74) is 0.422. The Hall–Kier alpha value is -2.39. The Morgan fingerprint density at radius 1 is 1.33 bits per heavy atom. The lowest BCUT2D eigenvalue weighted by atomic mass is 10.3. The second kappa shape index (κ2) is 5.29. The van der Waals surface area contributed by atoms with Crippen LogP contribution in [0.3, 0.4) is 0 Å². The van der Waals surface area contributed by atoms with Crippen molar-refractivity contribution in [3.05, 3.63) is 47.9 Å². The van der Waals surface area contributed by atoms with Crippen LogP contribution in [0.1, 0.15) is 16.1 Å². The summed E-state index contributed by atoms with van der Waals surface area (Å²) in [5, 5.41) is 18.3. The highest BCUT2D eigenvalue weighted by atomic mass is 32.2. The van der Waals surface area contributed by atoms with Gasteiger partial charge in [0, 0.05) is 17.3 Å². The molecule has 0 fully saturated rings. The van der Waals surface area contributed by atoms with E-state index >= 15 is 0 Å². The van der Waals surface area contributed by atoms with E-state index in [4.69, 9.17) is 10.4 Å². The van der Waals surface area contributed by atoms with E-state index in [2.05, 4.69) is 9.97 Å². The molecule has 0 unspecified atom stereocenters. The van der Waals surface area contributed by atoms with E-state index in [1.165, 1.54) is 24.0 Å². The van der Waals surface area contributed by atoms with Gasteiger partial charge in [-0.25, -0.2) is 14.8 Å². The summed E-state index contributed by atoms with van der Waals surface area (Å²) in [7, 11) is 0. The summed E-state index contributed by atoms with van der Waals surface area (Å²) in [4.78, 5) is 19.3. The average molecular weight is 257 g/mol. The van der Waals surface area contributed by atoms with Crippen LogP contribution >= 0.6 is 11.8 Å². The van der Waals surface area contributed by atoms with Gasteiger partial charge in [-0.15, -0.1) is 0 Å². The molecule has 0 spiro atoms. The largest absolute Gasteiger partial charge is 0.477 e. The van der Waals surface area contributed by atoms with Gasteiger partial charge in [0.05, 0.1) is 5.56 Å². The number of carboxylic acids is 1. The fraction of sp³-hybridized carbons (Fsp3) is 0. The normalized spacial score (nSPS) is 9.72. The minimum absolute atomic E-state index is 0.0329. The van der Waals surface area contributed by atoms with Crippen molar-refractivity contribution in [1.29, 1.82) is 5.26 Å². The Morgan fingerprint density at radius 2 is 2.17 bits per heavy atom. The number of nitrogens with zero attached hydrogens (tertiary/aromatic N) is 3. The summed E-state index contributed by atoms with van der Waals surface area (Å²) in [5.74, 6) is -1.08. The molecule has 2 aromatic rings. The van der Waals surface area contributed by atoms with Gasteiger partial charge >= 0.3 is 5.97 Å². The van der Waals surface area contributed by atoms with Gasteiger partial charge in [0.1, 0.15) is 16.8 Å². The van der Waals surface area contributed by atoms with Crippen molar-refractivity contribution in [2.75, 3.05) is 0 Å². The third kappa shape index (κ3) is 2.64. The average Bonchev–Trinajstić information content (AvgIpc) is 2.39. The van der Waals surface area contributed by atoms with Crippen molar-refractivity contribution in [2.24, 2.45) is 0 Å². The van der Waals surface area contributed by atoms with E-state index in [9.17, 15) is 4.79 Å². The molecule has 0 saturated heterocycles. The predicted octanol–water partition coefficient (Wildman–Crippen LogP) is 2.20. The van der Waals surface area contributed by atoms with Crippen molar-refractivity contribution < 1.29 is 9.90 Å². The predicted molar refractivity (Wildman–Crippen MR) is 64.3 cm³/mol. The molecule has 0 atom stereocenters. The molecule has 2 rings (SSSR count). The first-order valence-corrected chi connectivity index (χ1v) is 5.74. The zero-order chi connectivity index (χ0) is 13.0. The van der Waals surface area contributed by atoms with Crippen LogP contribution < -0.4 is 0 Å². The minimum atomic E-state index is -1.08. The van der Waals surface area contributed by atoms with Crippen LogP contribution in [0.25, 0.3) is 0 Å². The van der Waals surface area contributed by atoms with Gasteiger partial charge in [0.2, 0.25) is 0 Å². The second-order valence-corrected chi connectivity index (χ2v) is 4.31. The van der Waals surface area contributed by atoms with Gasteiger partial charge in [-0.1, -0.05) is 11.8 Å². The minimum Gasteiger partial charge on any atom is -0.477 e. The molecule has 5 nitrogen and oxygen atoms in total. The van der Waals surface area contributed by atoms with Crippen LogP contribution in [0.5, 0.6) is 0 Å². The van der Waals surface area contributed by atoms with Crippen LogP contribution in [-0.4, -0.2) is 21.0 Å². The van der Waals surface area contributed by atoms with Crippen molar-refractivity contribution in [2.45, 2.75) is 9.92 Å². The summed E-state index contributed by atoms with van der Waals surface area (Å²) < 4.78 is 0. The fourth-order valence-electron chi connectivity index (χ4n) is 1.26. The fourth-order valence-corrected chi connectivity index (χ4v) is 2.12. The number of carboxylic acid groups (broad SMARTS) is 1. The number of rotatable bonds is 3. The summed E-state index contributed by atoms with van der Waals surface area (Å²) in [6.07, 6.45) is 3.00. The molecule has 0 saturated carbocycles. The number of hydrogen-bond donors (Lipinski definition) is 1. The molecule has 18 heavy (non-hydrogen) atoms. The number of carbonyl (C=O) groups is 1. The number of aromatic carboxylic acids is 1. The molecule has 0 radical (unpaired) electrons. The molecule has 2 aromatic heterocycles. The van der Waals surface area contributed by atoms with Gasteiger partial charge < -0.3 is 5.11 Å². The van der Waals surface area contributed by atoms with Gasteiger partial charge in [-0.05, 0) is 24.3 Å². The van der Waals surface area contributed by atoms with Crippen LogP contribution in [0.15, 0.2) is 46.6 Å². The molecule has 6 heteroatoms. The first kappa shape index (κ1) is 12.1. The van der Waals surface area contributed by atoms with Crippen molar-refractivity contribution in [3.63, 3.8) is 0 Å². The van der Waals surface area contributed by atoms with Crippen molar-refractivity contribution in [3.8, 4) is 6.07 Å².